The van der Waals surface area contributed by atoms with Crippen molar-refractivity contribution in [2.45, 2.75) is 4.90 Å². The molecule has 0 saturated heterocycles. The number of para-hydroxylation sites is 2. The van der Waals surface area contributed by atoms with Crippen LogP contribution < -0.4 is 14.2 Å². The molecule has 0 spiro atoms. The van der Waals surface area contributed by atoms with Crippen molar-refractivity contribution in [2.75, 3.05) is 20.3 Å². The molecule has 0 bridgehead atoms. The molecule has 0 aromatic heterocycles. The summed E-state index contributed by atoms with van der Waals surface area (Å²) in [6.45, 7) is 0.00264. The van der Waals surface area contributed by atoms with Crippen molar-refractivity contribution in [3.63, 3.8) is 0 Å². The molecule has 2 rings (SSSR count). The topological polar surface area (TPSA) is 64.6 Å². The molecule has 2 aromatic carbocycles. The van der Waals surface area contributed by atoms with Crippen molar-refractivity contribution in [3.05, 3.63) is 54.1 Å². The number of rotatable bonds is 7. The Balaban J connectivity index is 1.93. The van der Waals surface area contributed by atoms with Gasteiger partial charge in [0.05, 0.1) is 12.0 Å². The van der Waals surface area contributed by atoms with Gasteiger partial charge in [0.2, 0.25) is 10.0 Å². The number of nitrogens with one attached hydrogen (secondary N) is 1. The lowest BCUT2D eigenvalue weighted by molar-refractivity contribution is 0.298. The van der Waals surface area contributed by atoms with E-state index in [0.717, 1.165) is 12.1 Å². The standard InChI is InChI=1S/C15H15F2NO4S/c1-21-14-4-2-3-5-15(14)22-9-8-18-23(19,20)11-6-7-12(16)13(17)10-11/h2-7,10,18H,8-9H2,1H3. The summed E-state index contributed by atoms with van der Waals surface area (Å²) < 4.78 is 62.6. The highest BCUT2D eigenvalue weighted by atomic mass is 32.2. The van der Waals surface area contributed by atoms with E-state index in [4.69, 9.17) is 9.47 Å². The third-order valence-corrected chi connectivity index (χ3v) is 4.38. The Bertz CT molecular complexity index is 781. The minimum absolute atomic E-state index is 0.0423. The molecule has 0 aliphatic carbocycles. The minimum atomic E-state index is -3.94. The summed E-state index contributed by atoms with van der Waals surface area (Å²) in [5, 5.41) is 0. The van der Waals surface area contributed by atoms with Gasteiger partial charge >= 0.3 is 0 Å². The van der Waals surface area contributed by atoms with Crippen LogP contribution in [0.2, 0.25) is 0 Å². The normalized spacial score (nSPS) is 11.3. The summed E-state index contributed by atoms with van der Waals surface area (Å²) in [6.07, 6.45) is 0. The molecular formula is C15H15F2NO4S. The molecule has 5 nitrogen and oxygen atoms in total. The fourth-order valence-corrected chi connectivity index (χ4v) is 2.83. The van der Waals surface area contributed by atoms with Gasteiger partial charge in [0.1, 0.15) is 6.61 Å². The summed E-state index contributed by atoms with van der Waals surface area (Å²) in [7, 11) is -2.44. The van der Waals surface area contributed by atoms with E-state index in [-0.39, 0.29) is 18.0 Å². The van der Waals surface area contributed by atoms with Crippen molar-refractivity contribution in [1.29, 1.82) is 0 Å². The van der Waals surface area contributed by atoms with Crippen molar-refractivity contribution >= 4 is 10.0 Å². The predicted molar refractivity (Wildman–Crippen MR) is 80.0 cm³/mol. The largest absolute Gasteiger partial charge is 0.493 e. The van der Waals surface area contributed by atoms with Gasteiger partial charge in [-0.25, -0.2) is 21.9 Å². The summed E-state index contributed by atoms with van der Waals surface area (Å²) >= 11 is 0. The molecule has 0 aliphatic heterocycles. The molecule has 2 aromatic rings. The number of benzene rings is 2. The number of halogens is 2. The zero-order valence-corrected chi connectivity index (χ0v) is 13.1. The Labute approximate surface area is 132 Å². The Morgan fingerprint density at radius 3 is 2.39 bits per heavy atom. The molecule has 1 N–H and O–H groups in total. The van der Waals surface area contributed by atoms with Crippen LogP contribution in [-0.2, 0) is 10.0 Å². The van der Waals surface area contributed by atoms with E-state index >= 15 is 0 Å². The Hall–Kier alpha value is -2.19. The van der Waals surface area contributed by atoms with Crippen molar-refractivity contribution in [2.24, 2.45) is 0 Å². The molecule has 0 unspecified atom stereocenters. The molecule has 0 saturated carbocycles. The molecule has 0 atom stereocenters. The fraction of sp³-hybridized carbons (Fsp3) is 0.200. The number of hydrogen-bond donors (Lipinski definition) is 1. The lowest BCUT2D eigenvalue weighted by Gasteiger charge is -2.11. The highest BCUT2D eigenvalue weighted by molar-refractivity contribution is 7.89. The first kappa shape index (κ1) is 17.2. The van der Waals surface area contributed by atoms with Gasteiger partial charge in [-0.15, -0.1) is 0 Å². The van der Waals surface area contributed by atoms with E-state index < -0.39 is 21.7 Å². The molecule has 0 radical (unpaired) electrons. The molecule has 124 valence electrons. The Kier molecular flexibility index (Phi) is 5.51. The minimum Gasteiger partial charge on any atom is -0.493 e. The quantitative estimate of drug-likeness (QED) is 0.784. The molecule has 23 heavy (non-hydrogen) atoms. The second kappa shape index (κ2) is 7.38. The maximum absolute atomic E-state index is 13.1. The van der Waals surface area contributed by atoms with Crippen LogP contribution in [0.15, 0.2) is 47.4 Å². The van der Waals surface area contributed by atoms with Gasteiger partial charge in [-0.1, -0.05) is 12.1 Å². The van der Waals surface area contributed by atoms with Crippen LogP contribution in [0.1, 0.15) is 0 Å². The maximum Gasteiger partial charge on any atom is 0.240 e. The second-order valence-corrected chi connectivity index (χ2v) is 6.24. The molecule has 0 fully saturated rings. The van der Waals surface area contributed by atoms with Crippen LogP contribution in [-0.4, -0.2) is 28.7 Å². The average Bonchev–Trinajstić information content (AvgIpc) is 2.54. The van der Waals surface area contributed by atoms with E-state index in [9.17, 15) is 17.2 Å². The predicted octanol–water partition coefficient (Wildman–Crippen LogP) is 2.33. The van der Waals surface area contributed by atoms with E-state index in [2.05, 4.69) is 4.72 Å². The SMILES string of the molecule is COc1ccccc1OCCNS(=O)(=O)c1ccc(F)c(F)c1. The number of methoxy groups -OCH3 is 1. The van der Waals surface area contributed by atoms with Crippen LogP contribution in [0.5, 0.6) is 11.5 Å². The number of sulfonamides is 1. The van der Waals surface area contributed by atoms with Crippen molar-refractivity contribution < 1.29 is 26.7 Å². The highest BCUT2D eigenvalue weighted by Crippen LogP contribution is 2.25. The van der Waals surface area contributed by atoms with Gasteiger partial charge < -0.3 is 9.47 Å². The van der Waals surface area contributed by atoms with Crippen LogP contribution in [0.25, 0.3) is 0 Å². The van der Waals surface area contributed by atoms with Gasteiger partial charge in [0, 0.05) is 6.54 Å². The molecular weight excluding hydrogens is 328 g/mol. The van der Waals surface area contributed by atoms with Crippen LogP contribution in [0.4, 0.5) is 8.78 Å². The summed E-state index contributed by atoms with van der Waals surface area (Å²) in [4.78, 5) is -0.353. The maximum atomic E-state index is 13.1. The zero-order chi connectivity index (χ0) is 16.9. The van der Waals surface area contributed by atoms with Crippen molar-refractivity contribution in [3.8, 4) is 11.5 Å². The van der Waals surface area contributed by atoms with Gasteiger partial charge in [-0.3, -0.25) is 0 Å². The van der Waals surface area contributed by atoms with Gasteiger partial charge in [-0.05, 0) is 30.3 Å². The molecule has 8 heteroatoms. The van der Waals surface area contributed by atoms with Crippen LogP contribution >= 0.6 is 0 Å². The monoisotopic (exact) mass is 343 g/mol. The fourth-order valence-electron chi connectivity index (χ4n) is 1.80. The first-order valence-corrected chi connectivity index (χ1v) is 8.13. The molecule has 0 heterocycles. The van der Waals surface area contributed by atoms with Crippen molar-refractivity contribution in [1.82, 2.24) is 4.72 Å². The van der Waals surface area contributed by atoms with Crippen LogP contribution in [0.3, 0.4) is 0 Å². The number of hydrogen-bond acceptors (Lipinski definition) is 4. The third-order valence-electron chi connectivity index (χ3n) is 2.92. The second-order valence-electron chi connectivity index (χ2n) is 4.47. The van der Waals surface area contributed by atoms with E-state index in [1.165, 1.54) is 7.11 Å². The zero-order valence-electron chi connectivity index (χ0n) is 12.3. The van der Waals surface area contributed by atoms with Gasteiger partial charge in [-0.2, -0.15) is 0 Å². The van der Waals surface area contributed by atoms with Gasteiger partial charge in [0.15, 0.2) is 23.1 Å². The Morgan fingerprint density at radius 2 is 1.74 bits per heavy atom. The lowest BCUT2D eigenvalue weighted by Crippen LogP contribution is -2.28. The molecule has 0 amide bonds. The Morgan fingerprint density at radius 1 is 1.04 bits per heavy atom. The summed E-state index contributed by atoms with van der Waals surface area (Å²) in [6, 6.07) is 9.29. The van der Waals surface area contributed by atoms with E-state index in [0.29, 0.717) is 17.6 Å². The first-order valence-electron chi connectivity index (χ1n) is 6.64. The smallest absolute Gasteiger partial charge is 0.240 e. The lowest BCUT2D eigenvalue weighted by atomic mass is 10.3. The average molecular weight is 343 g/mol. The summed E-state index contributed by atoms with van der Waals surface area (Å²) in [5.41, 5.74) is 0. The first-order chi connectivity index (χ1) is 10.9. The third kappa shape index (κ3) is 4.40. The highest BCUT2D eigenvalue weighted by Gasteiger charge is 2.16. The van der Waals surface area contributed by atoms with Crippen LogP contribution in [0, 0.1) is 11.6 Å². The van der Waals surface area contributed by atoms with E-state index in [1.54, 1.807) is 24.3 Å². The molecule has 0 aliphatic rings. The number of ether oxygens (including phenoxy) is 2. The van der Waals surface area contributed by atoms with E-state index in [1.807, 2.05) is 0 Å². The van der Waals surface area contributed by atoms with Gasteiger partial charge in [0.25, 0.3) is 0 Å². The summed E-state index contributed by atoms with van der Waals surface area (Å²) in [5.74, 6) is -1.33.